The molecule has 0 rings (SSSR count). The molecule has 0 amide bonds. The van der Waals surface area contributed by atoms with Crippen LogP contribution >= 0.6 is 0 Å². The predicted molar refractivity (Wildman–Crippen MR) is 54.3 cm³/mol. The van der Waals surface area contributed by atoms with Crippen molar-refractivity contribution in [3.8, 4) is 36.0 Å². The Balaban J connectivity index is 3.87. The van der Waals surface area contributed by atoms with Crippen LogP contribution in [0.4, 0.5) is 0 Å². The van der Waals surface area contributed by atoms with Crippen molar-refractivity contribution in [1.29, 1.82) is 0 Å². The van der Waals surface area contributed by atoms with E-state index in [2.05, 4.69) is 29.6 Å². The first-order valence-electron chi connectivity index (χ1n) is 3.75. The van der Waals surface area contributed by atoms with Crippen LogP contribution in [0.25, 0.3) is 0 Å². The average molecular weight is 170 g/mol. The monoisotopic (exact) mass is 170 g/mol. The molecule has 0 saturated carbocycles. The Bertz CT molecular complexity index is 343. The van der Waals surface area contributed by atoms with E-state index in [0.29, 0.717) is 0 Å². The second-order valence-corrected chi connectivity index (χ2v) is 2.15. The van der Waals surface area contributed by atoms with Crippen molar-refractivity contribution in [2.45, 2.75) is 13.0 Å². The molecule has 0 aromatic rings. The molecule has 0 fully saturated rings. The second kappa shape index (κ2) is 8.22. The molecule has 0 aromatic heterocycles. The van der Waals surface area contributed by atoms with Gasteiger partial charge in [-0.3, -0.25) is 0 Å². The van der Waals surface area contributed by atoms with Crippen LogP contribution in [0.2, 0.25) is 0 Å². The van der Waals surface area contributed by atoms with Crippen LogP contribution in [0.1, 0.15) is 6.92 Å². The summed E-state index contributed by atoms with van der Waals surface area (Å²) in [5.41, 5.74) is 0. The maximum absolute atomic E-state index is 8.82. The lowest BCUT2D eigenvalue weighted by molar-refractivity contribution is 0.244. The molecule has 0 bridgehead atoms. The normalized spacial score (nSPS) is 11.2. The van der Waals surface area contributed by atoms with Crippen LogP contribution in [0.15, 0.2) is 24.3 Å². The Morgan fingerprint density at radius 2 is 2.00 bits per heavy atom. The number of terminal acetylenes is 1. The molecule has 1 nitrogen and oxygen atoms in total. The zero-order valence-electron chi connectivity index (χ0n) is 7.41. The van der Waals surface area contributed by atoms with Gasteiger partial charge >= 0.3 is 0 Å². The van der Waals surface area contributed by atoms with E-state index in [1.165, 1.54) is 0 Å². The fraction of sp³-hybridized carbons (Fsp3) is 0.167. The van der Waals surface area contributed by atoms with Gasteiger partial charge < -0.3 is 5.11 Å². The lowest BCUT2D eigenvalue weighted by Gasteiger charge is -1.88. The summed E-state index contributed by atoms with van der Waals surface area (Å²) in [6.07, 6.45) is 11.2. The molecule has 0 aromatic carbocycles. The molecule has 0 spiro atoms. The fourth-order valence-electron chi connectivity index (χ4n) is 0.474. The van der Waals surface area contributed by atoms with Gasteiger partial charge in [0.05, 0.1) is 6.10 Å². The number of hydrogen-bond acceptors (Lipinski definition) is 1. The minimum absolute atomic E-state index is 0.432. The minimum atomic E-state index is -0.432. The molecule has 64 valence electrons. The van der Waals surface area contributed by atoms with Gasteiger partial charge in [-0.15, -0.1) is 6.42 Å². The van der Waals surface area contributed by atoms with Gasteiger partial charge in [0, 0.05) is 0 Å². The molecule has 1 heteroatoms. The van der Waals surface area contributed by atoms with Gasteiger partial charge in [-0.2, -0.15) is 0 Å². The molecule has 1 N–H and O–H groups in total. The van der Waals surface area contributed by atoms with Gasteiger partial charge in [0.25, 0.3) is 0 Å². The van der Waals surface area contributed by atoms with Gasteiger partial charge in [0.1, 0.15) is 0 Å². The van der Waals surface area contributed by atoms with Gasteiger partial charge in [-0.1, -0.05) is 24.1 Å². The van der Waals surface area contributed by atoms with Crippen LogP contribution in [0, 0.1) is 36.0 Å². The van der Waals surface area contributed by atoms with E-state index in [-0.39, 0.29) is 0 Å². The van der Waals surface area contributed by atoms with Crippen molar-refractivity contribution in [3.05, 3.63) is 24.3 Å². The van der Waals surface area contributed by atoms with Crippen LogP contribution in [0.3, 0.4) is 0 Å². The molecule has 13 heavy (non-hydrogen) atoms. The van der Waals surface area contributed by atoms with E-state index in [0.717, 1.165) is 0 Å². The standard InChI is InChI=1S/C12H10O/c1-3-4-5-6-7-8-9-10-11-12(2)13/h1,8-13H,2H3. The Kier molecular flexibility index (Phi) is 7.03. The van der Waals surface area contributed by atoms with E-state index in [1.54, 1.807) is 31.2 Å². The molecule has 1 unspecified atom stereocenters. The quantitative estimate of drug-likeness (QED) is 0.486. The van der Waals surface area contributed by atoms with Crippen LogP contribution < -0.4 is 0 Å². The molecule has 0 aliphatic carbocycles. The maximum Gasteiger partial charge on any atom is 0.0695 e. The van der Waals surface area contributed by atoms with Crippen LogP contribution in [-0.4, -0.2) is 11.2 Å². The number of aliphatic hydroxyl groups excluding tert-OH is 1. The van der Waals surface area contributed by atoms with Gasteiger partial charge in [0.15, 0.2) is 0 Å². The lowest BCUT2D eigenvalue weighted by atomic mass is 10.3. The maximum atomic E-state index is 8.82. The minimum Gasteiger partial charge on any atom is -0.389 e. The summed E-state index contributed by atoms with van der Waals surface area (Å²) < 4.78 is 0. The SMILES string of the molecule is C#CC#CC#CC=CC=CC(C)O. The Labute approximate surface area is 79.2 Å². The summed E-state index contributed by atoms with van der Waals surface area (Å²) in [6, 6.07) is 0. The summed E-state index contributed by atoms with van der Waals surface area (Å²) in [5, 5.41) is 8.82. The largest absolute Gasteiger partial charge is 0.389 e. The second-order valence-electron chi connectivity index (χ2n) is 2.15. The van der Waals surface area contributed by atoms with E-state index < -0.39 is 6.10 Å². The summed E-state index contributed by atoms with van der Waals surface area (Å²) in [6.45, 7) is 1.68. The Hall–Kier alpha value is -1.88. The highest BCUT2D eigenvalue weighted by molar-refractivity contribution is 5.36. The average Bonchev–Trinajstić information content (AvgIpc) is 2.09. The molecule has 0 saturated heterocycles. The summed E-state index contributed by atoms with van der Waals surface area (Å²) in [7, 11) is 0. The topological polar surface area (TPSA) is 20.2 Å². The Morgan fingerprint density at radius 1 is 1.23 bits per heavy atom. The van der Waals surface area contributed by atoms with E-state index in [9.17, 15) is 0 Å². The summed E-state index contributed by atoms with van der Waals surface area (Å²) in [4.78, 5) is 0. The number of allylic oxidation sites excluding steroid dienone is 3. The highest BCUT2D eigenvalue weighted by Crippen LogP contribution is 1.83. The molecular weight excluding hydrogens is 160 g/mol. The number of rotatable bonds is 2. The summed E-state index contributed by atoms with van der Waals surface area (Å²) in [5.74, 6) is 12.2. The summed E-state index contributed by atoms with van der Waals surface area (Å²) >= 11 is 0. The molecule has 0 aliphatic heterocycles. The predicted octanol–water partition coefficient (Wildman–Crippen LogP) is 1.12. The number of hydrogen-bond donors (Lipinski definition) is 1. The third kappa shape index (κ3) is 10.1. The van der Waals surface area contributed by atoms with Crippen molar-refractivity contribution in [2.75, 3.05) is 0 Å². The first kappa shape index (κ1) is 11.1. The number of aliphatic hydroxyl groups is 1. The third-order valence-electron chi connectivity index (χ3n) is 0.950. The molecule has 0 aliphatic rings. The van der Waals surface area contributed by atoms with Gasteiger partial charge in [-0.25, -0.2) is 0 Å². The van der Waals surface area contributed by atoms with Crippen molar-refractivity contribution >= 4 is 0 Å². The fourth-order valence-corrected chi connectivity index (χ4v) is 0.474. The van der Waals surface area contributed by atoms with Crippen molar-refractivity contribution in [3.63, 3.8) is 0 Å². The van der Waals surface area contributed by atoms with Crippen molar-refractivity contribution in [1.82, 2.24) is 0 Å². The Morgan fingerprint density at radius 3 is 2.62 bits per heavy atom. The lowest BCUT2D eigenvalue weighted by Crippen LogP contribution is -1.90. The van der Waals surface area contributed by atoms with Crippen LogP contribution in [-0.2, 0) is 0 Å². The molecule has 0 heterocycles. The zero-order chi connectivity index (χ0) is 9.94. The smallest absolute Gasteiger partial charge is 0.0695 e. The first-order chi connectivity index (χ1) is 6.27. The first-order valence-corrected chi connectivity index (χ1v) is 3.75. The van der Waals surface area contributed by atoms with Crippen molar-refractivity contribution < 1.29 is 5.11 Å². The zero-order valence-corrected chi connectivity index (χ0v) is 7.41. The van der Waals surface area contributed by atoms with Crippen molar-refractivity contribution in [2.24, 2.45) is 0 Å². The molecule has 0 radical (unpaired) electrons. The van der Waals surface area contributed by atoms with Crippen LogP contribution in [0.5, 0.6) is 0 Å². The molecule has 1 atom stereocenters. The molecular formula is C12H10O. The highest BCUT2D eigenvalue weighted by atomic mass is 16.3. The van der Waals surface area contributed by atoms with E-state index >= 15 is 0 Å². The van der Waals surface area contributed by atoms with E-state index in [1.807, 2.05) is 0 Å². The third-order valence-corrected chi connectivity index (χ3v) is 0.950. The van der Waals surface area contributed by atoms with Gasteiger partial charge in [-0.05, 0) is 36.7 Å². The van der Waals surface area contributed by atoms with Gasteiger partial charge in [0.2, 0.25) is 0 Å². The van der Waals surface area contributed by atoms with E-state index in [4.69, 9.17) is 11.5 Å². The highest BCUT2D eigenvalue weighted by Gasteiger charge is 1.79.